The van der Waals surface area contributed by atoms with Crippen molar-refractivity contribution in [1.82, 2.24) is 0 Å². The molecule has 0 aliphatic heterocycles. The highest BCUT2D eigenvalue weighted by atomic mass is 32.2. The van der Waals surface area contributed by atoms with Crippen molar-refractivity contribution in [3.8, 4) is 0 Å². The van der Waals surface area contributed by atoms with Gasteiger partial charge in [-0.2, -0.15) is 0 Å². The molecule has 2 rings (SSSR count). The molecule has 0 heterocycles. The van der Waals surface area contributed by atoms with Crippen molar-refractivity contribution in [3.05, 3.63) is 78.4 Å². The minimum absolute atomic E-state index is 0.288. The number of aldehydes is 1. The number of sulfonamides is 1. The first kappa shape index (κ1) is 16.9. The molecule has 6 heteroatoms. The first-order chi connectivity index (χ1) is 11.0. The smallest absolute Gasteiger partial charge is 0.234 e. The van der Waals surface area contributed by atoms with Crippen LogP contribution in [0.15, 0.2) is 67.3 Å². The van der Waals surface area contributed by atoms with Crippen LogP contribution in [0, 0.1) is 0 Å². The number of primary sulfonamides is 1. The summed E-state index contributed by atoms with van der Waals surface area (Å²) in [6, 6.07) is 15.4. The maximum atomic E-state index is 12.2. The average Bonchev–Trinajstić information content (AvgIpc) is 2.54. The van der Waals surface area contributed by atoms with Gasteiger partial charge in [0.15, 0.2) is 5.37 Å². The van der Waals surface area contributed by atoms with Gasteiger partial charge in [0, 0.05) is 17.8 Å². The molecule has 0 spiro atoms. The molecule has 0 radical (unpaired) electrons. The lowest BCUT2D eigenvalue weighted by molar-refractivity contribution is 0.112. The van der Waals surface area contributed by atoms with E-state index in [2.05, 4.69) is 6.58 Å². The molecule has 23 heavy (non-hydrogen) atoms. The predicted molar refractivity (Wildman–Crippen MR) is 91.7 cm³/mol. The third kappa shape index (κ3) is 4.06. The second-order valence-corrected chi connectivity index (χ2v) is 6.63. The van der Waals surface area contributed by atoms with E-state index >= 15 is 0 Å². The van der Waals surface area contributed by atoms with E-state index in [0.29, 0.717) is 16.8 Å². The summed E-state index contributed by atoms with van der Waals surface area (Å²) in [6.07, 6.45) is 2.34. The molecule has 120 valence electrons. The number of carbonyl (C=O) groups is 1. The first-order valence-electron chi connectivity index (χ1n) is 6.96. The second kappa shape index (κ2) is 7.21. The SMILES string of the molecule is C=CCN(c1ccc(C=O)cc1)C(c1ccccc1)S(N)(=O)=O. The third-order valence-corrected chi connectivity index (χ3v) is 4.51. The highest BCUT2D eigenvalue weighted by Gasteiger charge is 2.30. The number of carbonyl (C=O) groups excluding carboxylic acids is 1. The van der Waals surface area contributed by atoms with Crippen LogP contribution in [0.25, 0.3) is 0 Å². The van der Waals surface area contributed by atoms with E-state index in [0.717, 1.165) is 6.29 Å². The van der Waals surface area contributed by atoms with Crippen LogP contribution in [0.2, 0.25) is 0 Å². The molecule has 0 saturated heterocycles. The molecule has 2 aromatic carbocycles. The Balaban J connectivity index is 2.54. The zero-order chi connectivity index (χ0) is 16.9. The minimum atomic E-state index is -3.89. The molecule has 2 N–H and O–H groups in total. The van der Waals surface area contributed by atoms with E-state index in [-0.39, 0.29) is 6.54 Å². The van der Waals surface area contributed by atoms with Crippen LogP contribution in [0.4, 0.5) is 5.69 Å². The van der Waals surface area contributed by atoms with Crippen molar-refractivity contribution >= 4 is 22.0 Å². The monoisotopic (exact) mass is 330 g/mol. The van der Waals surface area contributed by atoms with Crippen LogP contribution in [0.1, 0.15) is 21.3 Å². The predicted octanol–water partition coefficient (Wildman–Crippen LogP) is 2.48. The molecule has 0 aromatic heterocycles. The first-order valence-corrected chi connectivity index (χ1v) is 8.57. The number of rotatable bonds is 7. The van der Waals surface area contributed by atoms with Crippen molar-refractivity contribution in [1.29, 1.82) is 0 Å². The number of hydrogen-bond acceptors (Lipinski definition) is 4. The number of benzene rings is 2. The van der Waals surface area contributed by atoms with Gasteiger partial charge in [-0.25, -0.2) is 13.6 Å². The zero-order valence-corrected chi connectivity index (χ0v) is 13.3. The zero-order valence-electron chi connectivity index (χ0n) is 12.5. The van der Waals surface area contributed by atoms with Crippen molar-refractivity contribution in [2.24, 2.45) is 5.14 Å². The Morgan fingerprint density at radius 1 is 1.09 bits per heavy atom. The van der Waals surface area contributed by atoms with Crippen LogP contribution >= 0.6 is 0 Å². The maximum Gasteiger partial charge on any atom is 0.234 e. The van der Waals surface area contributed by atoms with Gasteiger partial charge in [-0.15, -0.1) is 6.58 Å². The summed E-state index contributed by atoms with van der Waals surface area (Å²) >= 11 is 0. The van der Waals surface area contributed by atoms with Crippen molar-refractivity contribution in [2.75, 3.05) is 11.4 Å². The third-order valence-electron chi connectivity index (χ3n) is 3.37. The van der Waals surface area contributed by atoms with E-state index in [1.54, 1.807) is 65.6 Å². The Labute approximate surface area is 136 Å². The molecule has 5 nitrogen and oxygen atoms in total. The van der Waals surface area contributed by atoms with Gasteiger partial charge in [-0.1, -0.05) is 36.4 Å². The summed E-state index contributed by atoms with van der Waals surface area (Å²) in [6.45, 7) is 3.97. The molecule has 1 atom stereocenters. The molecular weight excluding hydrogens is 312 g/mol. The molecule has 0 amide bonds. The Kier molecular flexibility index (Phi) is 5.31. The molecule has 0 saturated carbocycles. The fourth-order valence-electron chi connectivity index (χ4n) is 2.38. The molecular formula is C17H18N2O3S. The largest absolute Gasteiger partial charge is 0.346 e. The van der Waals surface area contributed by atoms with Crippen molar-refractivity contribution in [3.63, 3.8) is 0 Å². The number of anilines is 1. The van der Waals surface area contributed by atoms with Gasteiger partial charge in [-0.3, -0.25) is 4.79 Å². The van der Waals surface area contributed by atoms with Gasteiger partial charge in [0.25, 0.3) is 0 Å². The summed E-state index contributed by atoms with van der Waals surface area (Å²) in [5, 5.41) is 4.44. The molecule has 0 aliphatic rings. The van der Waals surface area contributed by atoms with Crippen molar-refractivity contribution in [2.45, 2.75) is 5.37 Å². The van der Waals surface area contributed by atoms with E-state index in [9.17, 15) is 13.2 Å². The Hall–Kier alpha value is -2.44. The highest BCUT2D eigenvalue weighted by molar-refractivity contribution is 7.89. The summed E-state index contributed by atoms with van der Waals surface area (Å²) in [4.78, 5) is 12.4. The van der Waals surface area contributed by atoms with Gasteiger partial charge in [0.05, 0.1) is 0 Å². The van der Waals surface area contributed by atoms with Gasteiger partial charge in [0.2, 0.25) is 10.0 Å². The van der Waals surface area contributed by atoms with E-state index in [4.69, 9.17) is 5.14 Å². The quantitative estimate of drug-likeness (QED) is 0.625. The Morgan fingerprint density at radius 3 is 2.17 bits per heavy atom. The lowest BCUT2D eigenvalue weighted by Crippen LogP contribution is -2.38. The summed E-state index contributed by atoms with van der Waals surface area (Å²) in [5.74, 6) is 0. The molecule has 0 bridgehead atoms. The Bertz CT molecular complexity index is 771. The summed E-state index contributed by atoms with van der Waals surface area (Å²) in [7, 11) is -3.89. The van der Waals surface area contributed by atoms with E-state index < -0.39 is 15.4 Å². The van der Waals surface area contributed by atoms with E-state index in [1.807, 2.05) is 0 Å². The molecule has 2 aromatic rings. The van der Waals surface area contributed by atoms with E-state index in [1.165, 1.54) is 0 Å². The molecule has 0 fully saturated rings. The molecule has 1 unspecified atom stereocenters. The standard InChI is InChI=1S/C17H18N2O3S/c1-2-12-19(16-10-8-14(13-20)9-11-16)17(23(18,21)22)15-6-4-3-5-7-15/h2-11,13,17H,1,12H2,(H2,18,21,22). The number of hydrogen-bond donors (Lipinski definition) is 1. The molecule has 0 aliphatic carbocycles. The Morgan fingerprint density at radius 2 is 1.70 bits per heavy atom. The van der Waals surface area contributed by atoms with Crippen molar-refractivity contribution < 1.29 is 13.2 Å². The van der Waals surface area contributed by atoms with Gasteiger partial charge in [-0.05, 0) is 29.8 Å². The van der Waals surface area contributed by atoms with Crippen LogP contribution in [-0.2, 0) is 10.0 Å². The van der Waals surface area contributed by atoms with Gasteiger partial charge >= 0.3 is 0 Å². The highest BCUT2D eigenvalue weighted by Crippen LogP contribution is 2.30. The van der Waals surface area contributed by atoms with Crippen LogP contribution in [0.5, 0.6) is 0 Å². The fraction of sp³-hybridized carbons (Fsp3) is 0.118. The summed E-state index contributed by atoms with van der Waals surface area (Å²) in [5.41, 5.74) is 1.72. The lowest BCUT2D eigenvalue weighted by atomic mass is 10.1. The second-order valence-electron chi connectivity index (χ2n) is 5.00. The number of nitrogens with zero attached hydrogens (tertiary/aromatic N) is 1. The fourth-order valence-corrected chi connectivity index (χ4v) is 3.48. The maximum absolute atomic E-state index is 12.2. The van der Waals surface area contributed by atoms with Gasteiger partial charge in [0.1, 0.15) is 6.29 Å². The van der Waals surface area contributed by atoms with Crippen LogP contribution in [-0.4, -0.2) is 21.2 Å². The topological polar surface area (TPSA) is 80.5 Å². The minimum Gasteiger partial charge on any atom is -0.346 e. The lowest BCUT2D eigenvalue weighted by Gasteiger charge is -2.31. The number of nitrogens with two attached hydrogens (primary N) is 1. The normalized spacial score (nSPS) is 12.4. The summed E-state index contributed by atoms with van der Waals surface area (Å²) < 4.78 is 24.4. The van der Waals surface area contributed by atoms with Gasteiger partial charge < -0.3 is 4.90 Å². The van der Waals surface area contributed by atoms with Crippen LogP contribution in [0.3, 0.4) is 0 Å². The average molecular weight is 330 g/mol. The van der Waals surface area contributed by atoms with Crippen LogP contribution < -0.4 is 10.0 Å².